The fourth-order valence-electron chi connectivity index (χ4n) is 3.08. The molecule has 0 unspecified atom stereocenters. The Morgan fingerprint density at radius 3 is 2.35 bits per heavy atom. The number of halogens is 1. The van der Waals surface area contributed by atoms with Crippen molar-refractivity contribution in [2.75, 3.05) is 58.8 Å². The summed E-state index contributed by atoms with van der Waals surface area (Å²) in [4.78, 5) is 20.6. The lowest BCUT2D eigenvalue weighted by Gasteiger charge is -2.35. The number of rotatable bonds is 7. The van der Waals surface area contributed by atoms with Crippen LogP contribution in [0.15, 0.2) is 23.2 Å². The van der Waals surface area contributed by atoms with Gasteiger partial charge in [-0.25, -0.2) is 4.79 Å². The van der Waals surface area contributed by atoms with Gasteiger partial charge in [0.2, 0.25) is 0 Å². The summed E-state index contributed by atoms with van der Waals surface area (Å²) < 4.78 is 15.9. The second kappa shape index (κ2) is 12.8. The van der Waals surface area contributed by atoms with Gasteiger partial charge in [-0.3, -0.25) is 9.89 Å². The van der Waals surface area contributed by atoms with E-state index in [-0.39, 0.29) is 30.1 Å². The SMILES string of the molecule is COc1ccc(NC(N)=NCCCN2CCN(C(=O)OC(C)(C)C)CC2)cc1OC.I. The molecule has 3 N–H and O–H groups in total. The number of aliphatic imine (C=N–C) groups is 1. The van der Waals surface area contributed by atoms with Crippen molar-refractivity contribution in [2.45, 2.75) is 32.8 Å². The van der Waals surface area contributed by atoms with E-state index >= 15 is 0 Å². The van der Waals surface area contributed by atoms with Gasteiger partial charge in [0.15, 0.2) is 17.5 Å². The second-order valence-corrected chi connectivity index (χ2v) is 8.12. The fraction of sp³-hybridized carbons (Fsp3) is 0.619. The van der Waals surface area contributed by atoms with Gasteiger partial charge in [-0.2, -0.15) is 0 Å². The molecule has 31 heavy (non-hydrogen) atoms. The van der Waals surface area contributed by atoms with Crippen molar-refractivity contribution in [3.63, 3.8) is 0 Å². The first-order chi connectivity index (χ1) is 14.2. The molecule has 1 aliphatic rings. The average molecular weight is 549 g/mol. The number of amides is 1. The van der Waals surface area contributed by atoms with Crippen LogP contribution in [0.25, 0.3) is 0 Å². The van der Waals surface area contributed by atoms with Crippen molar-refractivity contribution in [3.8, 4) is 11.5 Å². The van der Waals surface area contributed by atoms with E-state index in [1.807, 2.05) is 39.0 Å². The Kier molecular flexibility index (Phi) is 11.2. The van der Waals surface area contributed by atoms with Crippen LogP contribution in [0.2, 0.25) is 0 Å². The van der Waals surface area contributed by atoms with Crippen LogP contribution in [0.4, 0.5) is 10.5 Å². The Hall–Kier alpha value is -1.95. The molecule has 0 aliphatic carbocycles. The van der Waals surface area contributed by atoms with E-state index < -0.39 is 5.60 Å². The lowest BCUT2D eigenvalue weighted by molar-refractivity contribution is 0.0145. The minimum Gasteiger partial charge on any atom is -0.493 e. The number of hydrogen-bond donors (Lipinski definition) is 2. The molecular formula is C21H36IN5O4. The molecular weight excluding hydrogens is 513 g/mol. The van der Waals surface area contributed by atoms with Crippen molar-refractivity contribution < 1.29 is 19.0 Å². The molecule has 0 saturated carbocycles. The van der Waals surface area contributed by atoms with Gasteiger partial charge in [0.05, 0.1) is 14.2 Å². The number of carbonyl (C=O) groups excluding carboxylic acids is 1. The van der Waals surface area contributed by atoms with Crippen molar-refractivity contribution in [1.29, 1.82) is 0 Å². The summed E-state index contributed by atoms with van der Waals surface area (Å²) in [5, 5.41) is 3.06. The van der Waals surface area contributed by atoms with E-state index in [0.29, 0.717) is 37.1 Å². The van der Waals surface area contributed by atoms with Crippen molar-refractivity contribution >= 4 is 41.7 Å². The van der Waals surface area contributed by atoms with Gasteiger partial charge >= 0.3 is 6.09 Å². The van der Waals surface area contributed by atoms with Gasteiger partial charge in [-0.05, 0) is 39.3 Å². The van der Waals surface area contributed by atoms with Crippen LogP contribution >= 0.6 is 24.0 Å². The molecule has 0 atom stereocenters. The first-order valence-electron chi connectivity index (χ1n) is 10.2. The Labute approximate surface area is 202 Å². The van der Waals surface area contributed by atoms with Gasteiger partial charge in [0, 0.05) is 51.0 Å². The lowest BCUT2D eigenvalue weighted by Crippen LogP contribution is -2.50. The molecule has 0 spiro atoms. The number of hydrogen-bond acceptors (Lipinski definition) is 6. The van der Waals surface area contributed by atoms with E-state index in [4.69, 9.17) is 19.9 Å². The summed E-state index contributed by atoms with van der Waals surface area (Å²) in [5.41, 5.74) is 6.31. The number of anilines is 1. The maximum Gasteiger partial charge on any atom is 0.410 e. The molecule has 1 aromatic rings. The number of nitrogens with zero attached hydrogens (tertiary/aromatic N) is 3. The van der Waals surface area contributed by atoms with Gasteiger partial charge in [0.1, 0.15) is 5.60 Å². The number of nitrogens with two attached hydrogens (primary N) is 1. The van der Waals surface area contributed by atoms with Crippen LogP contribution in [-0.2, 0) is 4.74 Å². The number of benzene rings is 1. The Balaban J connectivity index is 0.00000480. The Morgan fingerprint density at radius 1 is 1.13 bits per heavy atom. The number of methoxy groups -OCH3 is 2. The zero-order valence-corrected chi connectivity index (χ0v) is 21.5. The molecule has 1 aromatic carbocycles. The number of nitrogens with one attached hydrogen (secondary N) is 1. The van der Waals surface area contributed by atoms with Crippen LogP contribution in [-0.4, -0.2) is 80.9 Å². The highest BCUT2D eigenvalue weighted by atomic mass is 127. The van der Waals surface area contributed by atoms with E-state index in [1.54, 1.807) is 19.1 Å². The molecule has 2 rings (SSSR count). The third kappa shape index (κ3) is 9.38. The van der Waals surface area contributed by atoms with E-state index in [2.05, 4.69) is 15.2 Å². The lowest BCUT2D eigenvalue weighted by atomic mass is 10.2. The van der Waals surface area contributed by atoms with Crippen LogP contribution in [0.5, 0.6) is 11.5 Å². The zero-order valence-electron chi connectivity index (χ0n) is 19.1. The molecule has 1 aliphatic heterocycles. The number of piperazine rings is 1. The minimum atomic E-state index is -0.461. The van der Waals surface area contributed by atoms with Crippen LogP contribution in [0.1, 0.15) is 27.2 Å². The second-order valence-electron chi connectivity index (χ2n) is 8.12. The molecule has 0 aromatic heterocycles. The van der Waals surface area contributed by atoms with Crippen LogP contribution in [0, 0.1) is 0 Å². The summed E-state index contributed by atoms with van der Waals surface area (Å²) in [6.45, 7) is 10.2. The third-order valence-electron chi connectivity index (χ3n) is 4.59. The molecule has 9 nitrogen and oxygen atoms in total. The van der Waals surface area contributed by atoms with E-state index in [0.717, 1.165) is 31.7 Å². The van der Waals surface area contributed by atoms with Crippen LogP contribution in [0.3, 0.4) is 0 Å². The Morgan fingerprint density at radius 2 is 1.77 bits per heavy atom. The topological polar surface area (TPSA) is 102 Å². The molecule has 1 fully saturated rings. The summed E-state index contributed by atoms with van der Waals surface area (Å²) in [6.07, 6.45) is 0.654. The number of ether oxygens (including phenoxy) is 3. The van der Waals surface area contributed by atoms with Gasteiger partial charge in [-0.15, -0.1) is 24.0 Å². The summed E-state index contributed by atoms with van der Waals surface area (Å²) in [5.74, 6) is 1.64. The monoisotopic (exact) mass is 549 g/mol. The first kappa shape index (κ1) is 27.1. The zero-order chi connectivity index (χ0) is 22.1. The maximum absolute atomic E-state index is 12.1. The van der Waals surface area contributed by atoms with Crippen molar-refractivity contribution in [1.82, 2.24) is 9.80 Å². The largest absolute Gasteiger partial charge is 0.493 e. The fourth-order valence-corrected chi connectivity index (χ4v) is 3.08. The molecule has 10 heteroatoms. The predicted octanol–water partition coefficient (Wildman–Crippen LogP) is 2.99. The maximum atomic E-state index is 12.1. The highest BCUT2D eigenvalue weighted by Crippen LogP contribution is 2.29. The molecule has 176 valence electrons. The molecule has 1 heterocycles. The summed E-state index contributed by atoms with van der Waals surface area (Å²) in [6, 6.07) is 5.48. The highest BCUT2D eigenvalue weighted by Gasteiger charge is 2.25. The average Bonchev–Trinajstić information content (AvgIpc) is 2.70. The first-order valence-corrected chi connectivity index (χ1v) is 10.2. The quantitative estimate of drug-likeness (QED) is 0.234. The normalized spacial score (nSPS) is 15.1. The summed E-state index contributed by atoms with van der Waals surface area (Å²) >= 11 is 0. The minimum absolute atomic E-state index is 0. The van der Waals surface area contributed by atoms with E-state index in [9.17, 15) is 4.79 Å². The van der Waals surface area contributed by atoms with Gasteiger partial charge in [0.25, 0.3) is 0 Å². The third-order valence-corrected chi connectivity index (χ3v) is 4.59. The van der Waals surface area contributed by atoms with Gasteiger partial charge in [-0.1, -0.05) is 0 Å². The van der Waals surface area contributed by atoms with Crippen LogP contribution < -0.4 is 20.5 Å². The molecule has 1 saturated heterocycles. The van der Waals surface area contributed by atoms with Crippen molar-refractivity contribution in [2.24, 2.45) is 10.7 Å². The van der Waals surface area contributed by atoms with Crippen molar-refractivity contribution in [3.05, 3.63) is 18.2 Å². The number of carbonyl (C=O) groups is 1. The Bertz CT molecular complexity index is 731. The van der Waals surface area contributed by atoms with E-state index in [1.165, 1.54) is 0 Å². The molecule has 1 amide bonds. The molecule has 0 radical (unpaired) electrons. The number of guanidine groups is 1. The smallest absolute Gasteiger partial charge is 0.410 e. The van der Waals surface area contributed by atoms with Gasteiger partial charge < -0.3 is 30.2 Å². The molecule has 0 bridgehead atoms. The highest BCUT2D eigenvalue weighted by molar-refractivity contribution is 14.0. The predicted molar refractivity (Wildman–Crippen MR) is 134 cm³/mol. The summed E-state index contributed by atoms with van der Waals surface area (Å²) in [7, 11) is 3.19. The standard InChI is InChI=1S/C21H35N5O4.HI/c1-21(2,3)30-20(27)26-13-11-25(12-14-26)10-6-9-23-19(22)24-16-7-8-17(28-4)18(15-16)29-5;/h7-8,15H,6,9-14H2,1-5H3,(H3,22,23,24);1H.